The number of anilines is 1. The van der Waals surface area contributed by atoms with Crippen LogP contribution in [-0.2, 0) is 11.8 Å². The molecule has 21 heavy (non-hydrogen) atoms. The number of halogens is 1. The van der Waals surface area contributed by atoms with E-state index in [4.69, 9.17) is 0 Å². The third-order valence-corrected chi connectivity index (χ3v) is 3.26. The van der Waals surface area contributed by atoms with Gasteiger partial charge < -0.3 is 9.88 Å². The Kier molecular flexibility index (Phi) is 4.73. The molecule has 0 fully saturated rings. The lowest BCUT2D eigenvalue weighted by Crippen LogP contribution is -2.15. The molecular weight excluding hydrogens is 269 g/mol. The van der Waals surface area contributed by atoms with Crippen LogP contribution in [0.15, 0.2) is 30.6 Å². The van der Waals surface area contributed by atoms with Crippen molar-refractivity contribution < 1.29 is 9.18 Å². The van der Waals surface area contributed by atoms with Crippen molar-refractivity contribution in [1.82, 2.24) is 9.55 Å². The van der Waals surface area contributed by atoms with Crippen LogP contribution >= 0.6 is 0 Å². The van der Waals surface area contributed by atoms with Gasteiger partial charge in [0.25, 0.3) is 0 Å². The van der Waals surface area contributed by atoms with Gasteiger partial charge in [0.1, 0.15) is 17.3 Å². The summed E-state index contributed by atoms with van der Waals surface area (Å²) < 4.78 is 14.8. The summed E-state index contributed by atoms with van der Waals surface area (Å²) in [7, 11) is 1.82. The number of aryl methyl sites for hydroxylation is 1. The SMILES string of the molecule is CC(C)CCC(=O)Nc1c(-c2ccc(F)cc2)ncn1C. The molecule has 2 aromatic rings. The second-order valence-corrected chi connectivity index (χ2v) is 5.54. The fraction of sp³-hybridized carbons (Fsp3) is 0.375. The van der Waals surface area contributed by atoms with E-state index in [2.05, 4.69) is 24.1 Å². The summed E-state index contributed by atoms with van der Waals surface area (Å²) in [6.45, 7) is 4.17. The molecule has 2 rings (SSSR count). The summed E-state index contributed by atoms with van der Waals surface area (Å²) in [5, 5.41) is 2.90. The molecule has 0 radical (unpaired) electrons. The predicted octanol–water partition coefficient (Wildman–Crippen LogP) is 3.60. The molecule has 5 heteroatoms. The number of amides is 1. The number of nitrogens with zero attached hydrogens (tertiary/aromatic N) is 2. The molecule has 0 aliphatic carbocycles. The van der Waals surface area contributed by atoms with Crippen LogP contribution in [0, 0.1) is 11.7 Å². The van der Waals surface area contributed by atoms with Crippen LogP contribution < -0.4 is 5.32 Å². The lowest BCUT2D eigenvalue weighted by Gasteiger charge is -2.09. The van der Waals surface area contributed by atoms with Crippen molar-refractivity contribution >= 4 is 11.7 Å². The number of carbonyl (C=O) groups excluding carboxylic acids is 1. The number of benzene rings is 1. The second-order valence-electron chi connectivity index (χ2n) is 5.54. The van der Waals surface area contributed by atoms with E-state index in [-0.39, 0.29) is 11.7 Å². The van der Waals surface area contributed by atoms with E-state index >= 15 is 0 Å². The van der Waals surface area contributed by atoms with Gasteiger partial charge in [0.15, 0.2) is 0 Å². The highest BCUT2D eigenvalue weighted by molar-refractivity contribution is 5.93. The van der Waals surface area contributed by atoms with Gasteiger partial charge in [-0.3, -0.25) is 4.79 Å². The molecule has 0 saturated heterocycles. The highest BCUT2D eigenvalue weighted by Crippen LogP contribution is 2.26. The molecular formula is C16H20FN3O. The van der Waals surface area contributed by atoms with Gasteiger partial charge >= 0.3 is 0 Å². The van der Waals surface area contributed by atoms with E-state index in [0.717, 1.165) is 12.0 Å². The van der Waals surface area contributed by atoms with E-state index in [1.54, 1.807) is 23.0 Å². The van der Waals surface area contributed by atoms with Crippen molar-refractivity contribution in [2.24, 2.45) is 13.0 Å². The molecule has 1 aromatic carbocycles. The van der Waals surface area contributed by atoms with Crippen molar-refractivity contribution in [3.8, 4) is 11.3 Å². The maximum atomic E-state index is 13.0. The molecule has 0 atom stereocenters. The lowest BCUT2D eigenvalue weighted by molar-refractivity contribution is -0.116. The first-order valence-electron chi connectivity index (χ1n) is 7.04. The Hall–Kier alpha value is -2.17. The van der Waals surface area contributed by atoms with E-state index in [0.29, 0.717) is 23.9 Å². The molecule has 0 spiro atoms. The second kappa shape index (κ2) is 6.52. The molecule has 1 amide bonds. The molecule has 112 valence electrons. The summed E-state index contributed by atoms with van der Waals surface area (Å²) in [5.74, 6) is 0.794. The van der Waals surface area contributed by atoms with Crippen LogP contribution in [0.5, 0.6) is 0 Å². The van der Waals surface area contributed by atoms with Gasteiger partial charge in [0, 0.05) is 19.0 Å². The van der Waals surface area contributed by atoms with E-state index in [9.17, 15) is 9.18 Å². The van der Waals surface area contributed by atoms with Gasteiger partial charge in [-0.05, 0) is 36.6 Å². The molecule has 0 saturated carbocycles. The number of hydrogen-bond donors (Lipinski definition) is 1. The normalized spacial score (nSPS) is 10.9. The molecule has 1 aromatic heterocycles. The minimum atomic E-state index is -0.294. The fourth-order valence-corrected chi connectivity index (χ4v) is 2.01. The molecule has 1 heterocycles. The zero-order valence-corrected chi connectivity index (χ0v) is 12.6. The third kappa shape index (κ3) is 3.90. The Balaban J connectivity index is 2.18. The molecule has 4 nitrogen and oxygen atoms in total. The smallest absolute Gasteiger partial charge is 0.225 e. The van der Waals surface area contributed by atoms with Crippen LogP contribution in [0.4, 0.5) is 10.2 Å². The Labute approximate surface area is 124 Å². The minimum Gasteiger partial charge on any atom is -0.320 e. The largest absolute Gasteiger partial charge is 0.320 e. The molecule has 1 N–H and O–H groups in total. The Morgan fingerprint density at radius 3 is 2.62 bits per heavy atom. The average molecular weight is 289 g/mol. The number of aromatic nitrogens is 2. The van der Waals surface area contributed by atoms with E-state index < -0.39 is 0 Å². The molecule has 0 aliphatic heterocycles. The first kappa shape index (κ1) is 15.2. The van der Waals surface area contributed by atoms with Gasteiger partial charge in [0.2, 0.25) is 5.91 Å². The highest BCUT2D eigenvalue weighted by atomic mass is 19.1. The van der Waals surface area contributed by atoms with Crippen LogP contribution in [-0.4, -0.2) is 15.5 Å². The van der Waals surface area contributed by atoms with Crippen molar-refractivity contribution in [3.63, 3.8) is 0 Å². The monoisotopic (exact) mass is 289 g/mol. The number of imidazole rings is 1. The molecule has 0 bridgehead atoms. The van der Waals surface area contributed by atoms with Crippen LogP contribution in [0.25, 0.3) is 11.3 Å². The van der Waals surface area contributed by atoms with Crippen LogP contribution in [0.1, 0.15) is 26.7 Å². The number of nitrogens with one attached hydrogen (secondary N) is 1. The predicted molar refractivity (Wildman–Crippen MR) is 81.3 cm³/mol. The molecule has 0 aliphatic rings. The number of carbonyl (C=O) groups is 1. The first-order chi connectivity index (χ1) is 9.97. The van der Waals surface area contributed by atoms with Crippen molar-refractivity contribution in [2.45, 2.75) is 26.7 Å². The van der Waals surface area contributed by atoms with Gasteiger partial charge in [-0.1, -0.05) is 13.8 Å². The average Bonchev–Trinajstić information content (AvgIpc) is 2.79. The maximum absolute atomic E-state index is 13.0. The van der Waals surface area contributed by atoms with Gasteiger partial charge in [-0.25, -0.2) is 9.37 Å². The summed E-state index contributed by atoms with van der Waals surface area (Å²) >= 11 is 0. The Morgan fingerprint density at radius 1 is 1.33 bits per heavy atom. The zero-order chi connectivity index (χ0) is 15.4. The van der Waals surface area contributed by atoms with Crippen molar-refractivity contribution in [3.05, 3.63) is 36.4 Å². The van der Waals surface area contributed by atoms with E-state index in [1.807, 2.05) is 7.05 Å². The lowest BCUT2D eigenvalue weighted by atomic mass is 10.1. The Morgan fingerprint density at radius 2 is 2.00 bits per heavy atom. The maximum Gasteiger partial charge on any atom is 0.225 e. The fourth-order valence-electron chi connectivity index (χ4n) is 2.01. The standard InChI is InChI=1S/C16H20FN3O/c1-11(2)4-9-14(21)19-16-15(18-10-20(16)3)12-5-7-13(17)8-6-12/h5-8,10-11H,4,9H2,1-3H3,(H,19,21). The van der Waals surface area contributed by atoms with Gasteiger partial charge in [-0.15, -0.1) is 0 Å². The Bertz CT molecular complexity index is 617. The number of hydrogen-bond acceptors (Lipinski definition) is 2. The summed E-state index contributed by atoms with van der Waals surface area (Å²) in [6, 6.07) is 6.08. The highest BCUT2D eigenvalue weighted by Gasteiger charge is 2.14. The summed E-state index contributed by atoms with van der Waals surface area (Å²) in [5.41, 5.74) is 1.42. The summed E-state index contributed by atoms with van der Waals surface area (Å²) in [4.78, 5) is 16.3. The van der Waals surface area contributed by atoms with Crippen molar-refractivity contribution in [1.29, 1.82) is 0 Å². The van der Waals surface area contributed by atoms with Gasteiger partial charge in [0.05, 0.1) is 6.33 Å². The van der Waals surface area contributed by atoms with Crippen molar-refractivity contribution in [2.75, 3.05) is 5.32 Å². The van der Waals surface area contributed by atoms with E-state index in [1.165, 1.54) is 12.1 Å². The van der Waals surface area contributed by atoms with Crippen LogP contribution in [0.3, 0.4) is 0 Å². The number of rotatable bonds is 5. The minimum absolute atomic E-state index is 0.0318. The first-order valence-corrected chi connectivity index (χ1v) is 7.04. The summed E-state index contributed by atoms with van der Waals surface area (Å²) in [6.07, 6.45) is 2.96. The zero-order valence-electron chi connectivity index (χ0n) is 12.6. The molecule has 0 unspecified atom stereocenters. The topological polar surface area (TPSA) is 46.9 Å². The quantitative estimate of drug-likeness (QED) is 0.914. The third-order valence-electron chi connectivity index (χ3n) is 3.26. The van der Waals surface area contributed by atoms with Gasteiger partial charge in [-0.2, -0.15) is 0 Å². The van der Waals surface area contributed by atoms with Crippen LogP contribution in [0.2, 0.25) is 0 Å².